The summed E-state index contributed by atoms with van der Waals surface area (Å²) in [6.45, 7) is 9.40. The predicted octanol–water partition coefficient (Wildman–Crippen LogP) is 5.44. The molecule has 0 aliphatic heterocycles. The van der Waals surface area contributed by atoms with Crippen molar-refractivity contribution in [2.45, 2.75) is 39.8 Å². The summed E-state index contributed by atoms with van der Waals surface area (Å²) in [6, 6.07) is 14.3. The van der Waals surface area contributed by atoms with Crippen LogP contribution in [0, 0.1) is 6.92 Å². The van der Waals surface area contributed by atoms with Crippen molar-refractivity contribution in [2.24, 2.45) is 0 Å². The van der Waals surface area contributed by atoms with Crippen LogP contribution < -0.4 is 10.1 Å². The molecule has 21 heavy (non-hydrogen) atoms. The van der Waals surface area contributed by atoms with E-state index in [0.717, 1.165) is 22.5 Å². The molecule has 0 amide bonds. The third kappa shape index (κ3) is 5.18. The zero-order valence-electron chi connectivity index (χ0n) is 13.0. The molecule has 0 aromatic heterocycles. The van der Waals surface area contributed by atoms with E-state index in [-0.39, 0.29) is 5.54 Å². The number of halogens is 1. The first-order valence-corrected chi connectivity index (χ1v) is 7.91. The van der Waals surface area contributed by atoms with Crippen LogP contribution in [0.1, 0.15) is 31.9 Å². The molecule has 0 aliphatic rings. The van der Waals surface area contributed by atoms with Crippen molar-refractivity contribution in [1.29, 1.82) is 0 Å². The molecule has 2 aromatic carbocycles. The number of hydrogen-bond donors (Lipinski definition) is 1. The predicted molar refractivity (Wildman–Crippen MR) is 92.0 cm³/mol. The molecule has 112 valence electrons. The lowest BCUT2D eigenvalue weighted by Gasteiger charge is -2.20. The molecule has 2 rings (SSSR count). The maximum atomic E-state index is 5.90. The third-order valence-corrected chi connectivity index (χ3v) is 3.69. The number of benzene rings is 2. The molecule has 2 nitrogen and oxygen atoms in total. The highest BCUT2D eigenvalue weighted by molar-refractivity contribution is 9.10. The molecule has 0 saturated carbocycles. The summed E-state index contributed by atoms with van der Waals surface area (Å²) < 4.78 is 6.87. The molecule has 0 aliphatic carbocycles. The van der Waals surface area contributed by atoms with Crippen LogP contribution >= 0.6 is 15.9 Å². The van der Waals surface area contributed by atoms with Crippen molar-refractivity contribution in [1.82, 2.24) is 5.32 Å². The average Bonchev–Trinajstić information content (AvgIpc) is 2.41. The van der Waals surface area contributed by atoms with Gasteiger partial charge in [-0.05, 0) is 73.5 Å². The topological polar surface area (TPSA) is 21.3 Å². The second-order valence-electron chi connectivity index (χ2n) is 6.28. The summed E-state index contributed by atoms with van der Waals surface area (Å²) in [4.78, 5) is 0. The second-order valence-corrected chi connectivity index (χ2v) is 7.14. The van der Waals surface area contributed by atoms with Gasteiger partial charge in [0.05, 0.1) is 4.47 Å². The van der Waals surface area contributed by atoms with E-state index in [9.17, 15) is 0 Å². The van der Waals surface area contributed by atoms with Crippen molar-refractivity contribution in [2.75, 3.05) is 0 Å². The smallest absolute Gasteiger partial charge is 0.141 e. The minimum Gasteiger partial charge on any atom is -0.456 e. The highest BCUT2D eigenvalue weighted by atomic mass is 79.9. The quantitative estimate of drug-likeness (QED) is 0.795. The van der Waals surface area contributed by atoms with Crippen molar-refractivity contribution in [3.63, 3.8) is 0 Å². The Labute approximate surface area is 135 Å². The zero-order valence-corrected chi connectivity index (χ0v) is 14.6. The SMILES string of the molecule is Cc1ccc(Oc2ccc(CNC(C)(C)C)cc2Br)cc1. The van der Waals surface area contributed by atoms with Gasteiger partial charge in [-0.1, -0.05) is 23.8 Å². The molecule has 0 heterocycles. The average molecular weight is 348 g/mol. The molecule has 1 N–H and O–H groups in total. The van der Waals surface area contributed by atoms with Crippen LogP contribution in [0.15, 0.2) is 46.9 Å². The third-order valence-electron chi connectivity index (χ3n) is 3.07. The molecule has 0 atom stereocenters. The summed E-state index contributed by atoms with van der Waals surface area (Å²) in [5.41, 5.74) is 2.57. The molecular formula is C18H22BrNO. The molecule has 0 spiro atoms. The summed E-state index contributed by atoms with van der Waals surface area (Å²) in [6.07, 6.45) is 0. The Morgan fingerprint density at radius 1 is 1.05 bits per heavy atom. The lowest BCUT2D eigenvalue weighted by molar-refractivity contribution is 0.424. The Bertz CT molecular complexity index is 600. The minimum absolute atomic E-state index is 0.115. The normalized spacial score (nSPS) is 11.5. The first-order valence-electron chi connectivity index (χ1n) is 7.11. The van der Waals surface area contributed by atoms with E-state index in [1.165, 1.54) is 11.1 Å². The monoisotopic (exact) mass is 347 g/mol. The lowest BCUT2D eigenvalue weighted by atomic mass is 10.1. The van der Waals surface area contributed by atoms with Crippen LogP contribution in [-0.2, 0) is 6.54 Å². The Morgan fingerprint density at radius 2 is 1.71 bits per heavy atom. The van der Waals surface area contributed by atoms with Gasteiger partial charge in [-0.2, -0.15) is 0 Å². The van der Waals surface area contributed by atoms with Gasteiger partial charge in [0.25, 0.3) is 0 Å². The van der Waals surface area contributed by atoms with Crippen LogP contribution in [0.3, 0.4) is 0 Å². The Hall–Kier alpha value is -1.32. The first kappa shape index (κ1) is 16.1. The Morgan fingerprint density at radius 3 is 2.29 bits per heavy atom. The van der Waals surface area contributed by atoms with Crippen LogP contribution in [0.5, 0.6) is 11.5 Å². The fourth-order valence-electron chi connectivity index (χ4n) is 1.84. The number of ether oxygens (including phenoxy) is 1. The molecule has 0 unspecified atom stereocenters. The standard InChI is InChI=1S/C18H22BrNO/c1-13-5-8-15(9-6-13)21-17-10-7-14(11-16(17)19)12-20-18(2,3)4/h5-11,20H,12H2,1-4H3. The maximum absolute atomic E-state index is 5.90. The summed E-state index contributed by atoms with van der Waals surface area (Å²) >= 11 is 3.59. The van der Waals surface area contributed by atoms with Gasteiger partial charge in [-0.15, -0.1) is 0 Å². The first-order chi connectivity index (χ1) is 9.83. The number of aryl methyl sites for hydroxylation is 1. The summed E-state index contributed by atoms with van der Waals surface area (Å²) in [7, 11) is 0. The largest absolute Gasteiger partial charge is 0.456 e. The van der Waals surface area contributed by atoms with Gasteiger partial charge in [0.1, 0.15) is 11.5 Å². The van der Waals surface area contributed by atoms with Gasteiger partial charge in [0, 0.05) is 12.1 Å². The highest BCUT2D eigenvalue weighted by Crippen LogP contribution is 2.30. The van der Waals surface area contributed by atoms with Gasteiger partial charge < -0.3 is 10.1 Å². The van der Waals surface area contributed by atoms with E-state index in [0.29, 0.717) is 0 Å². The molecule has 3 heteroatoms. The highest BCUT2D eigenvalue weighted by Gasteiger charge is 2.09. The molecule has 2 aromatic rings. The fraction of sp³-hybridized carbons (Fsp3) is 0.333. The van der Waals surface area contributed by atoms with Crippen LogP contribution in [0.25, 0.3) is 0 Å². The molecule has 0 saturated heterocycles. The lowest BCUT2D eigenvalue weighted by Crippen LogP contribution is -2.35. The van der Waals surface area contributed by atoms with Crippen LogP contribution in [0.4, 0.5) is 0 Å². The molecular weight excluding hydrogens is 326 g/mol. The fourth-order valence-corrected chi connectivity index (χ4v) is 2.34. The van der Waals surface area contributed by atoms with E-state index in [1.807, 2.05) is 30.3 Å². The molecule has 0 bridgehead atoms. The van der Waals surface area contributed by atoms with Crippen molar-refractivity contribution in [3.05, 3.63) is 58.1 Å². The number of hydrogen-bond acceptors (Lipinski definition) is 2. The Kier molecular flexibility index (Phi) is 5.07. The second kappa shape index (κ2) is 6.63. The van der Waals surface area contributed by atoms with E-state index >= 15 is 0 Å². The maximum Gasteiger partial charge on any atom is 0.141 e. The summed E-state index contributed by atoms with van der Waals surface area (Å²) in [5, 5.41) is 3.48. The van der Waals surface area contributed by atoms with E-state index < -0.39 is 0 Å². The summed E-state index contributed by atoms with van der Waals surface area (Å²) in [5.74, 6) is 1.68. The van der Waals surface area contributed by atoms with Gasteiger partial charge in [-0.3, -0.25) is 0 Å². The number of nitrogens with one attached hydrogen (secondary N) is 1. The molecule has 0 fully saturated rings. The minimum atomic E-state index is 0.115. The zero-order chi connectivity index (χ0) is 15.5. The van der Waals surface area contributed by atoms with Crippen molar-refractivity contribution < 1.29 is 4.74 Å². The van der Waals surface area contributed by atoms with Crippen molar-refractivity contribution in [3.8, 4) is 11.5 Å². The van der Waals surface area contributed by atoms with E-state index in [4.69, 9.17) is 4.74 Å². The van der Waals surface area contributed by atoms with Gasteiger partial charge in [-0.25, -0.2) is 0 Å². The van der Waals surface area contributed by atoms with Gasteiger partial charge >= 0.3 is 0 Å². The van der Waals surface area contributed by atoms with Gasteiger partial charge in [0.2, 0.25) is 0 Å². The molecule has 0 radical (unpaired) electrons. The van der Waals surface area contributed by atoms with E-state index in [2.05, 4.69) is 61.1 Å². The Balaban J connectivity index is 2.07. The van der Waals surface area contributed by atoms with Gasteiger partial charge in [0.15, 0.2) is 0 Å². The number of rotatable bonds is 4. The van der Waals surface area contributed by atoms with Crippen LogP contribution in [-0.4, -0.2) is 5.54 Å². The van der Waals surface area contributed by atoms with Crippen molar-refractivity contribution >= 4 is 15.9 Å². The van der Waals surface area contributed by atoms with E-state index in [1.54, 1.807) is 0 Å². The van der Waals surface area contributed by atoms with Crippen LogP contribution in [0.2, 0.25) is 0 Å².